The van der Waals surface area contributed by atoms with Crippen molar-refractivity contribution < 1.29 is 24.2 Å². The molecule has 2 aromatic carbocycles. The van der Waals surface area contributed by atoms with Crippen LogP contribution in [0.4, 0.5) is 0 Å². The maximum absolute atomic E-state index is 2.99. The number of allylic oxidation sites excluding steroid dienone is 8. The molecule has 0 atom stereocenters. The van der Waals surface area contributed by atoms with E-state index in [4.69, 9.17) is 0 Å². The average molecular weight is 461 g/mol. The van der Waals surface area contributed by atoms with Crippen LogP contribution in [0.3, 0.4) is 0 Å². The summed E-state index contributed by atoms with van der Waals surface area (Å²) >= 11 is 1.46. The van der Waals surface area contributed by atoms with Gasteiger partial charge in [0.1, 0.15) is 0 Å². The summed E-state index contributed by atoms with van der Waals surface area (Å²) in [5, 5.41) is 0. The predicted molar refractivity (Wildman–Crippen MR) is 114 cm³/mol. The molecule has 2 aliphatic carbocycles. The topological polar surface area (TPSA) is 0 Å². The average Bonchev–Trinajstić information content (AvgIpc) is 3.41. The van der Waals surface area contributed by atoms with Crippen LogP contribution in [-0.2, 0) is 24.2 Å². The molecule has 0 fully saturated rings. The van der Waals surface area contributed by atoms with Crippen LogP contribution >= 0.6 is 24.8 Å². The van der Waals surface area contributed by atoms with E-state index < -0.39 is 0 Å². The Morgan fingerprint density at radius 2 is 1.04 bits per heavy atom. The monoisotopic (exact) mass is 458 g/mol. The first-order chi connectivity index (χ1) is 11.9. The van der Waals surface area contributed by atoms with Gasteiger partial charge in [0.2, 0.25) is 0 Å². The quantitative estimate of drug-likeness (QED) is 0.464. The molecule has 0 radical (unpaired) electrons. The fourth-order valence-electron chi connectivity index (χ4n) is 2.06. The molecule has 26 heavy (non-hydrogen) atoms. The molecule has 0 aliphatic heterocycles. The Bertz CT molecular complexity index is 646. The molecule has 4 rings (SSSR count). The van der Waals surface area contributed by atoms with E-state index in [0.717, 1.165) is 12.8 Å². The molecule has 3 heteroatoms. The van der Waals surface area contributed by atoms with Crippen LogP contribution in [0, 0.1) is 12.2 Å². The van der Waals surface area contributed by atoms with Gasteiger partial charge in [0.25, 0.3) is 0 Å². The van der Waals surface area contributed by atoms with Gasteiger partial charge in [-0.2, -0.15) is 12.2 Å². The zero-order valence-corrected chi connectivity index (χ0v) is 18.6. The first-order valence-corrected chi connectivity index (χ1v) is 9.23. The molecule has 0 nitrogen and oxygen atoms in total. The van der Waals surface area contributed by atoms with Gasteiger partial charge in [-0.05, 0) is 0 Å². The van der Waals surface area contributed by atoms with Gasteiger partial charge in [0.15, 0.2) is 0 Å². The summed E-state index contributed by atoms with van der Waals surface area (Å²) in [5.41, 5.74) is 2.66. The van der Waals surface area contributed by atoms with Crippen molar-refractivity contribution in [3.05, 3.63) is 120 Å². The van der Waals surface area contributed by atoms with Crippen molar-refractivity contribution in [2.75, 3.05) is 0 Å². The van der Waals surface area contributed by atoms with Gasteiger partial charge >= 0.3 is 99.2 Å². The van der Waals surface area contributed by atoms with Gasteiger partial charge in [-0.3, -0.25) is 12.2 Å². The van der Waals surface area contributed by atoms with Crippen molar-refractivity contribution >= 4 is 28.0 Å². The Morgan fingerprint density at radius 1 is 0.654 bits per heavy atom. The third-order valence-electron chi connectivity index (χ3n) is 3.30. The van der Waals surface area contributed by atoms with Crippen molar-refractivity contribution in [1.29, 1.82) is 0 Å². The third kappa shape index (κ3) is 10.0. The predicted octanol–water partition coefficient (Wildman–Crippen LogP) is 6.26. The number of hydrogen-bond acceptors (Lipinski definition) is 0. The van der Waals surface area contributed by atoms with Crippen LogP contribution in [0.5, 0.6) is 0 Å². The fraction of sp³-hybridized carbons (Fsp3) is 0.0870. The number of hydrogen-bond donors (Lipinski definition) is 0. The summed E-state index contributed by atoms with van der Waals surface area (Å²) in [7, 11) is 0. The summed E-state index contributed by atoms with van der Waals surface area (Å²) in [6, 6.07) is 21.1. The third-order valence-corrected chi connectivity index (χ3v) is 4.72. The van der Waals surface area contributed by atoms with Crippen molar-refractivity contribution in [3.63, 3.8) is 0 Å². The molecular formula is C23H22Cl2Zr. The van der Waals surface area contributed by atoms with Gasteiger partial charge < -0.3 is 0 Å². The molecule has 0 unspecified atom stereocenters. The van der Waals surface area contributed by atoms with Crippen molar-refractivity contribution in [2.45, 2.75) is 12.8 Å². The molecule has 0 saturated carbocycles. The van der Waals surface area contributed by atoms with Crippen LogP contribution in [0.25, 0.3) is 0 Å². The molecule has 0 saturated heterocycles. The molecule has 0 amide bonds. The van der Waals surface area contributed by atoms with E-state index in [2.05, 4.69) is 85.0 Å². The second kappa shape index (κ2) is 15.9. The minimum atomic E-state index is 0. The second-order valence-electron chi connectivity index (χ2n) is 5.11. The zero-order chi connectivity index (χ0) is 16.9. The Balaban J connectivity index is 0.000000432. The summed E-state index contributed by atoms with van der Waals surface area (Å²) in [4.78, 5) is 0. The van der Waals surface area contributed by atoms with E-state index in [9.17, 15) is 0 Å². The van der Waals surface area contributed by atoms with E-state index >= 15 is 0 Å². The molecule has 0 N–H and O–H groups in total. The van der Waals surface area contributed by atoms with Gasteiger partial charge in [-0.1, -0.05) is 0 Å². The number of halogens is 2. The number of benzene rings is 2. The van der Waals surface area contributed by atoms with Crippen LogP contribution in [-0.4, -0.2) is 3.21 Å². The van der Waals surface area contributed by atoms with E-state index in [0.29, 0.717) is 0 Å². The van der Waals surface area contributed by atoms with Crippen molar-refractivity contribution in [1.82, 2.24) is 0 Å². The summed E-state index contributed by atoms with van der Waals surface area (Å²) in [5.74, 6) is 0. The minimum absolute atomic E-state index is 0. The summed E-state index contributed by atoms with van der Waals surface area (Å²) < 4.78 is 1.42. The zero-order valence-electron chi connectivity index (χ0n) is 14.5. The van der Waals surface area contributed by atoms with Crippen LogP contribution in [0.2, 0.25) is 0 Å². The van der Waals surface area contributed by atoms with E-state index in [-0.39, 0.29) is 24.8 Å². The van der Waals surface area contributed by atoms with Crippen molar-refractivity contribution in [2.24, 2.45) is 0 Å². The normalized spacial score (nSPS) is 12.1. The second-order valence-corrected chi connectivity index (χ2v) is 6.34. The summed E-state index contributed by atoms with van der Waals surface area (Å²) in [6.45, 7) is 0. The number of rotatable bonds is 2. The Labute approximate surface area is 184 Å². The first-order valence-electron chi connectivity index (χ1n) is 8.01. The molecule has 0 aromatic heterocycles. The molecule has 0 spiro atoms. The molecule has 2 aliphatic rings. The molecular weight excluding hydrogens is 438 g/mol. The first kappa shape index (κ1) is 24.7. The van der Waals surface area contributed by atoms with Gasteiger partial charge in [0, 0.05) is 0 Å². The Morgan fingerprint density at radius 3 is 1.27 bits per heavy atom. The van der Waals surface area contributed by atoms with Gasteiger partial charge in [-0.25, -0.2) is 24.3 Å². The van der Waals surface area contributed by atoms with Crippen LogP contribution in [0.15, 0.2) is 97.1 Å². The molecule has 2 aromatic rings. The molecule has 0 heterocycles. The molecule has 132 valence electrons. The standard InChI is InChI=1S/C13H10.2C5H5.2ClH.Zr/c1-3-7-12(8-4-1)11-13-9-5-2-6-10-13;2*1-2-4-5-3-1;;;/h1-10H;2*1-3H,4H2;2*1H;/q;2*-1;;;+2. The van der Waals surface area contributed by atoms with E-state index in [1.807, 2.05) is 24.3 Å². The van der Waals surface area contributed by atoms with Crippen molar-refractivity contribution in [3.8, 4) is 0 Å². The van der Waals surface area contributed by atoms with Gasteiger partial charge in [0.05, 0.1) is 0 Å². The fourth-order valence-corrected chi connectivity index (χ4v) is 2.88. The summed E-state index contributed by atoms with van der Waals surface area (Å²) in [6.07, 6.45) is 20.0. The van der Waals surface area contributed by atoms with Crippen LogP contribution < -0.4 is 0 Å². The van der Waals surface area contributed by atoms with Gasteiger partial charge in [-0.15, -0.1) is 37.7 Å². The Kier molecular flexibility index (Phi) is 15.2. The van der Waals surface area contributed by atoms with E-state index in [1.54, 1.807) is 0 Å². The SMILES string of the molecule is Cl.Cl.[C-]1=CC=CC1.[C-]1=CC=CC1.[Zr+2]=[C](c1ccccc1)c1ccccc1. The van der Waals surface area contributed by atoms with E-state index in [1.165, 1.54) is 38.6 Å². The van der Waals surface area contributed by atoms with Crippen LogP contribution in [0.1, 0.15) is 24.0 Å². The molecule has 0 bridgehead atoms. The Hall–Kier alpha value is -1.27. The maximum atomic E-state index is 2.99.